The van der Waals surface area contributed by atoms with E-state index in [1.165, 1.54) is 4.90 Å². The van der Waals surface area contributed by atoms with Crippen molar-refractivity contribution in [3.63, 3.8) is 0 Å². The van der Waals surface area contributed by atoms with Gasteiger partial charge in [-0.05, 0) is 19.3 Å². The van der Waals surface area contributed by atoms with Crippen LogP contribution in [0, 0.1) is 0 Å². The molecule has 1 spiro atoms. The molecule has 1 aliphatic heterocycles. The Balaban J connectivity index is 1.87. The van der Waals surface area contributed by atoms with Gasteiger partial charge in [0.15, 0.2) is 0 Å². The van der Waals surface area contributed by atoms with Crippen LogP contribution in [0.15, 0.2) is 0 Å². The summed E-state index contributed by atoms with van der Waals surface area (Å²) in [5, 5.41) is 2.83. The Labute approximate surface area is 125 Å². The number of urea groups is 1. The van der Waals surface area contributed by atoms with Crippen molar-refractivity contribution in [1.82, 2.24) is 15.1 Å². The van der Waals surface area contributed by atoms with E-state index in [1.807, 2.05) is 0 Å². The summed E-state index contributed by atoms with van der Waals surface area (Å²) in [5.74, 6) is -0.162. The number of hydrogen-bond acceptors (Lipinski definition) is 3. The zero-order valence-corrected chi connectivity index (χ0v) is 13.0. The van der Waals surface area contributed by atoms with Crippen LogP contribution in [0.2, 0.25) is 0 Å². The van der Waals surface area contributed by atoms with E-state index >= 15 is 0 Å². The molecule has 0 unspecified atom stereocenters. The van der Waals surface area contributed by atoms with Gasteiger partial charge in [-0.15, -0.1) is 0 Å². The monoisotopic (exact) mass is 295 g/mol. The van der Waals surface area contributed by atoms with Gasteiger partial charge in [0.1, 0.15) is 5.54 Å². The van der Waals surface area contributed by atoms with E-state index in [4.69, 9.17) is 0 Å². The van der Waals surface area contributed by atoms with Crippen LogP contribution >= 0.6 is 0 Å². The molecule has 0 bridgehead atoms. The molecule has 21 heavy (non-hydrogen) atoms. The minimum atomic E-state index is -0.672. The van der Waals surface area contributed by atoms with Gasteiger partial charge in [0.25, 0.3) is 5.91 Å². The van der Waals surface area contributed by atoms with Crippen LogP contribution in [0.1, 0.15) is 51.9 Å². The molecule has 6 nitrogen and oxygen atoms in total. The van der Waals surface area contributed by atoms with E-state index in [0.29, 0.717) is 0 Å². The molecule has 1 heterocycles. The Morgan fingerprint density at radius 1 is 1.33 bits per heavy atom. The lowest BCUT2D eigenvalue weighted by Gasteiger charge is -2.21. The van der Waals surface area contributed by atoms with Crippen LogP contribution in [0.5, 0.6) is 0 Å². The third-order valence-electron chi connectivity index (χ3n) is 4.53. The number of unbranched alkanes of at least 4 members (excludes halogenated alkanes) is 1. The average molecular weight is 295 g/mol. The summed E-state index contributed by atoms with van der Waals surface area (Å²) >= 11 is 0. The molecular formula is C15H25N3O3. The van der Waals surface area contributed by atoms with Gasteiger partial charge in [-0.3, -0.25) is 14.5 Å². The van der Waals surface area contributed by atoms with Gasteiger partial charge in [0, 0.05) is 26.6 Å². The SMILES string of the molecule is CCCCN(C)C(=O)CCN1C(=O)NC2(CCCC2)C1=O. The Hall–Kier alpha value is -1.59. The predicted octanol–water partition coefficient (Wildman–Crippen LogP) is 1.50. The molecular weight excluding hydrogens is 270 g/mol. The lowest BCUT2D eigenvalue weighted by atomic mass is 9.98. The molecule has 4 amide bonds. The van der Waals surface area contributed by atoms with Gasteiger partial charge in [-0.2, -0.15) is 0 Å². The summed E-state index contributed by atoms with van der Waals surface area (Å²) in [6, 6.07) is -0.342. The molecule has 0 aromatic heterocycles. The van der Waals surface area contributed by atoms with Gasteiger partial charge >= 0.3 is 6.03 Å². The maximum atomic E-state index is 12.4. The number of imide groups is 1. The van der Waals surface area contributed by atoms with Crippen LogP contribution in [0.4, 0.5) is 4.79 Å². The second kappa shape index (κ2) is 6.45. The fourth-order valence-corrected chi connectivity index (χ4v) is 3.12. The molecule has 0 aromatic rings. The van der Waals surface area contributed by atoms with Gasteiger partial charge in [-0.25, -0.2) is 4.79 Å². The first-order valence-electron chi connectivity index (χ1n) is 7.88. The highest BCUT2D eigenvalue weighted by Gasteiger charge is 2.52. The Bertz CT molecular complexity index is 430. The van der Waals surface area contributed by atoms with Crippen LogP contribution in [0.3, 0.4) is 0 Å². The van der Waals surface area contributed by atoms with Crippen molar-refractivity contribution in [2.45, 2.75) is 57.4 Å². The van der Waals surface area contributed by atoms with Gasteiger partial charge in [-0.1, -0.05) is 26.2 Å². The predicted molar refractivity (Wildman–Crippen MR) is 78.6 cm³/mol. The standard InChI is InChI=1S/C15H25N3O3/c1-3-4-10-17(2)12(19)7-11-18-13(20)15(16-14(18)21)8-5-6-9-15/h3-11H2,1-2H3,(H,16,21). The van der Waals surface area contributed by atoms with Crippen LogP contribution in [-0.2, 0) is 9.59 Å². The van der Waals surface area contributed by atoms with Crippen molar-refractivity contribution in [2.75, 3.05) is 20.1 Å². The fourth-order valence-electron chi connectivity index (χ4n) is 3.12. The molecule has 2 fully saturated rings. The number of amides is 4. The van der Waals surface area contributed by atoms with E-state index in [-0.39, 0.29) is 30.8 Å². The van der Waals surface area contributed by atoms with E-state index in [1.54, 1.807) is 11.9 Å². The van der Waals surface area contributed by atoms with Crippen LogP contribution in [-0.4, -0.2) is 53.3 Å². The number of carbonyl (C=O) groups excluding carboxylic acids is 3. The molecule has 0 radical (unpaired) electrons. The number of nitrogens with one attached hydrogen (secondary N) is 1. The summed E-state index contributed by atoms with van der Waals surface area (Å²) < 4.78 is 0. The highest BCUT2D eigenvalue weighted by molar-refractivity contribution is 6.07. The van der Waals surface area contributed by atoms with Crippen molar-refractivity contribution < 1.29 is 14.4 Å². The largest absolute Gasteiger partial charge is 0.346 e. The maximum absolute atomic E-state index is 12.4. The molecule has 118 valence electrons. The summed E-state index contributed by atoms with van der Waals surface area (Å²) in [6.07, 6.45) is 5.59. The summed E-state index contributed by atoms with van der Waals surface area (Å²) in [6.45, 7) is 2.98. The highest BCUT2D eigenvalue weighted by atomic mass is 16.2. The number of carbonyl (C=O) groups is 3. The maximum Gasteiger partial charge on any atom is 0.325 e. The summed E-state index contributed by atoms with van der Waals surface area (Å²) in [4.78, 5) is 39.3. The lowest BCUT2D eigenvalue weighted by Crippen LogP contribution is -2.44. The van der Waals surface area contributed by atoms with Crippen molar-refractivity contribution in [2.24, 2.45) is 0 Å². The third kappa shape index (κ3) is 3.19. The molecule has 1 saturated heterocycles. The second-order valence-corrected chi connectivity index (χ2v) is 6.10. The van der Waals surface area contributed by atoms with Crippen molar-refractivity contribution in [3.8, 4) is 0 Å². The third-order valence-corrected chi connectivity index (χ3v) is 4.53. The number of hydrogen-bond donors (Lipinski definition) is 1. The molecule has 1 saturated carbocycles. The van der Waals surface area contributed by atoms with Crippen LogP contribution < -0.4 is 5.32 Å². The molecule has 2 rings (SSSR count). The van der Waals surface area contributed by atoms with Gasteiger partial charge < -0.3 is 10.2 Å². The zero-order valence-electron chi connectivity index (χ0n) is 13.0. The van der Waals surface area contributed by atoms with E-state index in [2.05, 4.69) is 12.2 Å². The van der Waals surface area contributed by atoms with Gasteiger partial charge in [0.2, 0.25) is 5.91 Å². The summed E-state index contributed by atoms with van der Waals surface area (Å²) in [5.41, 5.74) is -0.672. The van der Waals surface area contributed by atoms with E-state index in [0.717, 1.165) is 45.1 Å². The smallest absolute Gasteiger partial charge is 0.325 e. The number of nitrogens with zero attached hydrogens (tertiary/aromatic N) is 2. The lowest BCUT2D eigenvalue weighted by molar-refractivity contribution is -0.133. The topological polar surface area (TPSA) is 69.7 Å². The first-order valence-corrected chi connectivity index (χ1v) is 7.88. The molecule has 0 aromatic carbocycles. The van der Waals surface area contributed by atoms with Crippen molar-refractivity contribution >= 4 is 17.8 Å². The second-order valence-electron chi connectivity index (χ2n) is 6.10. The fraction of sp³-hybridized carbons (Fsp3) is 0.800. The first-order chi connectivity index (χ1) is 10.00. The van der Waals surface area contributed by atoms with Gasteiger partial charge in [0.05, 0.1) is 0 Å². The molecule has 0 atom stereocenters. The molecule has 1 aliphatic carbocycles. The average Bonchev–Trinajstić information content (AvgIpc) is 3.01. The normalized spacial score (nSPS) is 20.2. The Kier molecular flexibility index (Phi) is 4.85. The van der Waals surface area contributed by atoms with Crippen LogP contribution in [0.25, 0.3) is 0 Å². The molecule has 2 aliphatic rings. The summed E-state index contributed by atoms with van der Waals surface area (Å²) in [7, 11) is 1.77. The quantitative estimate of drug-likeness (QED) is 0.755. The van der Waals surface area contributed by atoms with Crippen molar-refractivity contribution in [3.05, 3.63) is 0 Å². The minimum Gasteiger partial charge on any atom is -0.346 e. The highest BCUT2D eigenvalue weighted by Crippen LogP contribution is 2.34. The Morgan fingerprint density at radius 3 is 2.62 bits per heavy atom. The molecule has 1 N–H and O–H groups in total. The van der Waals surface area contributed by atoms with E-state index < -0.39 is 5.54 Å². The number of rotatable bonds is 6. The first kappa shape index (κ1) is 15.8. The zero-order chi connectivity index (χ0) is 15.5. The van der Waals surface area contributed by atoms with Crippen molar-refractivity contribution in [1.29, 1.82) is 0 Å². The Morgan fingerprint density at radius 2 is 2.00 bits per heavy atom. The van der Waals surface area contributed by atoms with E-state index in [9.17, 15) is 14.4 Å². The minimum absolute atomic E-state index is 0.0172. The molecule has 6 heteroatoms.